The van der Waals surface area contributed by atoms with Crippen LogP contribution >= 0.6 is 0 Å². The van der Waals surface area contributed by atoms with E-state index in [-0.39, 0.29) is 5.91 Å². The quantitative estimate of drug-likeness (QED) is 0.688. The third-order valence-electron chi connectivity index (χ3n) is 4.16. The average molecular weight is 346 g/mol. The van der Waals surface area contributed by atoms with Crippen molar-refractivity contribution in [2.24, 2.45) is 0 Å². The number of carbonyl (C=O) groups is 1. The van der Waals surface area contributed by atoms with Gasteiger partial charge in [0.25, 0.3) is 5.91 Å². The van der Waals surface area contributed by atoms with Crippen molar-refractivity contribution in [1.29, 1.82) is 0 Å². The van der Waals surface area contributed by atoms with Crippen molar-refractivity contribution in [3.63, 3.8) is 0 Å². The molecule has 5 nitrogen and oxygen atoms in total. The van der Waals surface area contributed by atoms with Gasteiger partial charge in [0, 0.05) is 19.2 Å². The second kappa shape index (κ2) is 8.76. The van der Waals surface area contributed by atoms with Crippen molar-refractivity contribution in [3.8, 4) is 0 Å². The molecule has 0 atom stereocenters. The number of hydrogen-bond donors (Lipinski definition) is 2. The molecule has 0 bridgehead atoms. The average Bonchev–Trinajstić information content (AvgIpc) is 2.68. The molecule has 0 aliphatic rings. The van der Waals surface area contributed by atoms with Crippen LogP contribution in [0.5, 0.6) is 0 Å². The van der Waals surface area contributed by atoms with Crippen LogP contribution in [0.3, 0.4) is 0 Å². The Labute approximate surface area is 153 Å². The number of aromatic nitrogens is 2. The topological polar surface area (TPSA) is 66.9 Å². The minimum atomic E-state index is -0.207. The van der Waals surface area contributed by atoms with E-state index < -0.39 is 0 Å². The van der Waals surface area contributed by atoms with Gasteiger partial charge in [-0.3, -0.25) is 4.79 Å². The maximum Gasteiger partial charge on any atom is 0.270 e. The minimum absolute atomic E-state index is 0.207. The van der Waals surface area contributed by atoms with Crippen molar-refractivity contribution in [3.05, 3.63) is 89.4 Å². The number of nitrogens with zero attached hydrogens (tertiary/aromatic N) is 2. The lowest BCUT2D eigenvalue weighted by atomic mass is 10.1. The van der Waals surface area contributed by atoms with Crippen molar-refractivity contribution in [2.75, 3.05) is 11.9 Å². The second-order valence-corrected chi connectivity index (χ2v) is 6.06. The van der Waals surface area contributed by atoms with Crippen LogP contribution in [0.25, 0.3) is 0 Å². The Morgan fingerprint density at radius 2 is 1.77 bits per heavy atom. The first-order valence-electron chi connectivity index (χ1n) is 8.65. The summed E-state index contributed by atoms with van der Waals surface area (Å²) in [4.78, 5) is 20.6. The number of carbonyl (C=O) groups excluding carboxylic acids is 1. The summed E-state index contributed by atoms with van der Waals surface area (Å²) in [6.45, 7) is 3.25. The van der Waals surface area contributed by atoms with Gasteiger partial charge in [0.05, 0.1) is 0 Å². The fraction of sp³-hybridized carbons (Fsp3) is 0.190. The Morgan fingerprint density at radius 1 is 1.00 bits per heavy atom. The maximum atomic E-state index is 12.3. The molecule has 1 heterocycles. The molecular weight excluding hydrogens is 324 g/mol. The molecule has 1 aromatic heterocycles. The highest BCUT2D eigenvalue weighted by atomic mass is 16.1. The van der Waals surface area contributed by atoms with E-state index in [1.165, 1.54) is 11.9 Å². The zero-order chi connectivity index (χ0) is 18.2. The zero-order valence-electron chi connectivity index (χ0n) is 14.8. The van der Waals surface area contributed by atoms with Crippen LogP contribution < -0.4 is 10.6 Å². The summed E-state index contributed by atoms with van der Waals surface area (Å²) >= 11 is 0. The molecule has 0 spiro atoms. The van der Waals surface area contributed by atoms with Gasteiger partial charge in [-0.25, -0.2) is 9.97 Å². The summed E-state index contributed by atoms with van der Waals surface area (Å²) in [5, 5.41) is 6.15. The zero-order valence-corrected chi connectivity index (χ0v) is 14.8. The van der Waals surface area contributed by atoms with Gasteiger partial charge in [0.1, 0.15) is 17.8 Å². The molecule has 1 amide bonds. The van der Waals surface area contributed by atoms with Crippen molar-refractivity contribution in [2.45, 2.75) is 19.9 Å². The predicted molar refractivity (Wildman–Crippen MR) is 103 cm³/mol. The molecule has 2 aromatic carbocycles. The van der Waals surface area contributed by atoms with Crippen molar-refractivity contribution in [1.82, 2.24) is 15.3 Å². The third kappa shape index (κ3) is 4.89. The van der Waals surface area contributed by atoms with Crippen LogP contribution in [-0.2, 0) is 13.0 Å². The summed E-state index contributed by atoms with van der Waals surface area (Å²) in [7, 11) is 0. The smallest absolute Gasteiger partial charge is 0.270 e. The van der Waals surface area contributed by atoms with E-state index in [1.54, 1.807) is 6.07 Å². The largest absolute Gasteiger partial charge is 0.370 e. The van der Waals surface area contributed by atoms with Gasteiger partial charge in [-0.05, 0) is 30.0 Å². The Morgan fingerprint density at radius 3 is 2.58 bits per heavy atom. The monoisotopic (exact) mass is 346 g/mol. The third-order valence-corrected chi connectivity index (χ3v) is 4.16. The molecule has 3 rings (SSSR count). The number of hydrogen-bond acceptors (Lipinski definition) is 4. The highest BCUT2D eigenvalue weighted by Gasteiger charge is 2.09. The first kappa shape index (κ1) is 17.6. The second-order valence-electron chi connectivity index (χ2n) is 6.06. The van der Waals surface area contributed by atoms with Crippen LogP contribution in [0.4, 0.5) is 5.82 Å². The summed E-state index contributed by atoms with van der Waals surface area (Å²) in [5.74, 6) is 0.443. The van der Waals surface area contributed by atoms with E-state index in [1.807, 2.05) is 49.4 Å². The first-order valence-corrected chi connectivity index (χ1v) is 8.65. The highest BCUT2D eigenvalue weighted by molar-refractivity contribution is 5.92. The molecule has 0 fully saturated rings. The number of aryl methyl sites for hydroxylation is 1. The Hall–Kier alpha value is -3.21. The van der Waals surface area contributed by atoms with Crippen LogP contribution in [0, 0.1) is 6.92 Å². The number of amides is 1. The van der Waals surface area contributed by atoms with E-state index in [2.05, 4.69) is 32.7 Å². The molecule has 0 unspecified atom stereocenters. The summed E-state index contributed by atoms with van der Waals surface area (Å²) in [5.41, 5.74) is 3.86. The molecule has 0 aliphatic heterocycles. The van der Waals surface area contributed by atoms with E-state index in [0.29, 0.717) is 18.1 Å². The molecule has 3 aromatic rings. The molecule has 26 heavy (non-hydrogen) atoms. The predicted octanol–water partition coefficient (Wildman–Crippen LogP) is 3.37. The maximum absolute atomic E-state index is 12.3. The summed E-state index contributed by atoms with van der Waals surface area (Å²) < 4.78 is 0. The number of rotatable bonds is 7. The SMILES string of the molecule is Cc1ccccc1CNC(=O)c1cc(NCCc2ccccc2)ncn1. The molecule has 0 saturated heterocycles. The van der Waals surface area contributed by atoms with Gasteiger partial charge in [-0.1, -0.05) is 54.6 Å². The van der Waals surface area contributed by atoms with Gasteiger partial charge in [-0.2, -0.15) is 0 Å². The Balaban J connectivity index is 1.54. The molecule has 2 N–H and O–H groups in total. The van der Waals surface area contributed by atoms with E-state index in [4.69, 9.17) is 0 Å². The molecule has 0 saturated carbocycles. The fourth-order valence-electron chi connectivity index (χ4n) is 2.63. The van der Waals surface area contributed by atoms with Crippen molar-refractivity contribution < 1.29 is 4.79 Å². The minimum Gasteiger partial charge on any atom is -0.370 e. The summed E-state index contributed by atoms with van der Waals surface area (Å²) in [6.07, 6.45) is 2.30. The first-order chi connectivity index (χ1) is 12.7. The van der Waals surface area contributed by atoms with Gasteiger partial charge in [-0.15, -0.1) is 0 Å². The molecule has 5 heteroatoms. The van der Waals surface area contributed by atoms with Crippen LogP contribution in [-0.4, -0.2) is 22.4 Å². The summed E-state index contributed by atoms with van der Waals surface area (Å²) in [6, 6.07) is 19.9. The normalized spacial score (nSPS) is 10.3. The van der Waals surface area contributed by atoms with Gasteiger partial charge in [0.15, 0.2) is 0 Å². The Bertz CT molecular complexity index is 865. The van der Waals surface area contributed by atoms with Crippen LogP contribution in [0.1, 0.15) is 27.2 Å². The van der Waals surface area contributed by atoms with Gasteiger partial charge in [0.2, 0.25) is 0 Å². The van der Waals surface area contributed by atoms with Crippen LogP contribution in [0.15, 0.2) is 67.0 Å². The van der Waals surface area contributed by atoms with E-state index in [9.17, 15) is 4.79 Å². The lowest BCUT2D eigenvalue weighted by Gasteiger charge is -2.09. The molecule has 0 radical (unpaired) electrons. The lowest BCUT2D eigenvalue weighted by Crippen LogP contribution is -2.24. The highest BCUT2D eigenvalue weighted by Crippen LogP contribution is 2.08. The van der Waals surface area contributed by atoms with Crippen molar-refractivity contribution >= 4 is 11.7 Å². The standard InChI is InChI=1S/C21H22N4O/c1-16-7-5-6-10-18(16)14-23-21(26)19-13-20(25-15-24-19)22-12-11-17-8-3-2-4-9-17/h2-10,13,15H,11-12,14H2,1H3,(H,23,26)(H,22,24,25). The number of benzene rings is 2. The van der Waals surface area contributed by atoms with Crippen LogP contribution in [0.2, 0.25) is 0 Å². The fourth-order valence-corrected chi connectivity index (χ4v) is 2.63. The number of nitrogens with one attached hydrogen (secondary N) is 2. The molecule has 0 aliphatic carbocycles. The lowest BCUT2D eigenvalue weighted by molar-refractivity contribution is 0.0945. The van der Waals surface area contributed by atoms with Gasteiger partial charge < -0.3 is 10.6 Å². The number of anilines is 1. The Kier molecular flexibility index (Phi) is 5.93. The molecular formula is C21H22N4O. The van der Waals surface area contributed by atoms with E-state index >= 15 is 0 Å². The molecule has 132 valence electrons. The van der Waals surface area contributed by atoms with Gasteiger partial charge >= 0.3 is 0 Å². The van der Waals surface area contributed by atoms with E-state index in [0.717, 1.165) is 24.1 Å².